The summed E-state index contributed by atoms with van der Waals surface area (Å²) in [6.07, 6.45) is 9.62. The summed E-state index contributed by atoms with van der Waals surface area (Å²) in [4.78, 5) is 22.5. The Labute approximate surface area is 250 Å². The van der Waals surface area contributed by atoms with Gasteiger partial charge in [0.15, 0.2) is 23.9 Å². The predicted molar refractivity (Wildman–Crippen MR) is 159 cm³/mol. The van der Waals surface area contributed by atoms with Crippen LogP contribution in [0.5, 0.6) is 28.7 Å². The highest BCUT2D eigenvalue weighted by Crippen LogP contribution is 2.49. The van der Waals surface area contributed by atoms with Gasteiger partial charge in [-0.05, 0) is 43.0 Å². The number of aldehydes is 1. The number of carbonyl (C=O) groups is 2. The lowest BCUT2D eigenvalue weighted by molar-refractivity contribution is -0.146. The molecule has 0 spiro atoms. The van der Waals surface area contributed by atoms with Crippen LogP contribution in [0.3, 0.4) is 0 Å². The molecule has 2 aliphatic heterocycles. The van der Waals surface area contributed by atoms with Crippen molar-refractivity contribution >= 4 is 23.7 Å². The van der Waals surface area contributed by atoms with Crippen molar-refractivity contribution in [2.75, 3.05) is 27.9 Å². The number of fused-ring (bicyclic) bond motifs is 4. The molecule has 1 aliphatic carbocycles. The number of rotatable bonds is 8. The Morgan fingerprint density at radius 1 is 1.02 bits per heavy atom. The lowest BCUT2D eigenvalue weighted by Gasteiger charge is -2.39. The predicted octanol–water partition coefficient (Wildman–Crippen LogP) is 3.75. The van der Waals surface area contributed by atoms with Crippen molar-refractivity contribution in [3.8, 4) is 28.7 Å². The van der Waals surface area contributed by atoms with Crippen molar-refractivity contribution in [1.82, 2.24) is 0 Å². The Morgan fingerprint density at radius 2 is 1.77 bits per heavy atom. The van der Waals surface area contributed by atoms with Gasteiger partial charge in [-0.3, -0.25) is 4.79 Å². The summed E-state index contributed by atoms with van der Waals surface area (Å²) in [5, 5.41) is 30.0. The summed E-state index contributed by atoms with van der Waals surface area (Å²) < 4.78 is 27.5. The molecule has 3 aliphatic rings. The lowest BCUT2D eigenvalue weighted by atomic mass is 9.76. The van der Waals surface area contributed by atoms with E-state index in [-0.39, 0.29) is 18.9 Å². The fourth-order valence-corrected chi connectivity index (χ4v) is 5.18. The average molecular weight is 595 g/mol. The van der Waals surface area contributed by atoms with Gasteiger partial charge in [0.05, 0.1) is 33.4 Å². The number of Topliss-reactive ketones (excluding diaryl/α,β-unsaturated/α-hetero) is 1. The molecule has 2 heterocycles. The Kier molecular flexibility index (Phi) is 10.3. The second-order valence-corrected chi connectivity index (χ2v) is 10.4. The molecule has 2 aromatic carbocycles. The first-order valence-electron chi connectivity index (χ1n) is 14.1. The zero-order valence-corrected chi connectivity index (χ0v) is 24.7. The molecule has 0 aromatic heterocycles. The number of benzene rings is 2. The van der Waals surface area contributed by atoms with E-state index in [4.69, 9.17) is 23.7 Å². The molecule has 10 heteroatoms. The molecule has 43 heavy (non-hydrogen) atoms. The Morgan fingerprint density at radius 3 is 2.44 bits per heavy atom. The maximum Gasteiger partial charge on any atom is 0.270 e. The van der Waals surface area contributed by atoms with Crippen LogP contribution in [0.2, 0.25) is 0 Å². The van der Waals surface area contributed by atoms with Crippen molar-refractivity contribution in [3.63, 3.8) is 0 Å². The molecule has 0 saturated heterocycles. The summed E-state index contributed by atoms with van der Waals surface area (Å²) in [7, 11) is 4.71. The minimum absolute atomic E-state index is 0.0298. The normalized spacial score (nSPS) is 25.7. The monoisotopic (exact) mass is 594 g/mol. The van der Waals surface area contributed by atoms with Gasteiger partial charge in [0, 0.05) is 28.8 Å². The van der Waals surface area contributed by atoms with Crippen molar-refractivity contribution in [1.29, 1.82) is 0 Å². The number of aliphatic hydroxyl groups is 3. The van der Waals surface area contributed by atoms with Crippen LogP contribution < -0.4 is 23.7 Å². The molecule has 3 N–H and O–H groups in total. The van der Waals surface area contributed by atoms with Gasteiger partial charge in [0.2, 0.25) is 0 Å². The number of carbonyl (C=O) groups excluding carboxylic acids is 2. The number of hydrogen-bond donors (Lipinski definition) is 3. The molecule has 0 amide bonds. The number of ketones is 1. The summed E-state index contributed by atoms with van der Waals surface area (Å²) in [6.45, 7) is 2.05. The molecule has 5 atom stereocenters. The molecular formula is C33H38O10. The van der Waals surface area contributed by atoms with Crippen LogP contribution in [-0.2, 0) is 9.59 Å². The minimum Gasteiger partial charge on any atom is -0.497 e. The largest absolute Gasteiger partial charge is 0.497 e. The average Bonchev–Trinajstić information content (AvgIpc) is 3.01. The van der Waals surface area contributed by atoms with E-state index in [9.17, 15) is 24.9 Å². The zero-order valence-electron chi connectivity index (χ0n) is 24.7. The third-order valence-electron chi connectivity index (χ3n) is 7.59. The lowest BCUT2D eigenvalue weighted by Crippen LogP contribution is -2.47. The van der Waals surface area contributed by atoms with Crippen LogP contribution in [0.4, 0.5) is 0 Å². The minimum atomic E-state index is -1.58. The molecular weight excluding hydrogens is 556 g/mol. The van der Waals surface area contributed by atoms with E-state index >= 15 is 0 Å². The fourth-order valence-electron chi connectivity index (χ4n) is 5.18. The van der Waals surface area contributed by atoms with E-state index in [0.717, 1.165) is 18.4 Å². The van der Waals surface area contributed by atoms with Crippen LogP contribution in [-0.4, -0.2) is 73.3 Å². The molecule has 230 valence electrons. The van der Waals surface area contributed by atoms with E-state index < -0.39 is 29.7 Å². The summed E-state index contributed by atoms with van der Waals surface area (Å²) in [5.74, 6) is -0.430. The summed E-state index contributed by atoms with van der Waals surface area (Å²) >= 11 is 0. The summed E-state index contributed by atoms with van der Waals surface area (Å²) in [5.41, 5.74) is 2.17. The SMILES string of the molecule is CCCC=CC=CC1CC(O)C(O)C(=O)C1C=O.COc1ccc2c(c1)OC1(O)COc3cc(OC)c(OC)cc3C1=C2. The first-order valence-corrected chi connectivity index (χ1v) is 14.1. The Bertz CT molecular complexity index is 1410. The number of unbranched alkanes of at least 4 members (excludes halogenated alkanes) is 1. The van der Waals surface area contributed by atoms with E-state index in [1.807, 2.05) is 30.4 Å². The number of aliphatic hydroxyl groups excluding tert-OH is 2. The molecule has 1 saturated carbocycles. The van der Waals surface area contributed by atoms with Crippen LogP contribution >= 0.6 is 0 Å². The second-order valence-electron chi connectivity index (χ2n) is 10.4. The molecule has 0 bridgehead atoms. The maximum atomic E-state index is 11.6. The fraction of sp³-hybridized carbons (Fsp3) is 0.394. The second kappa shape index (κ2) is 13.9. The van der Waals surface area contributed by atoms with Crippen LogP contribution in [0.25, 0.3) is 11.6 Å². The van der Waals surface area contributed by atoms with Gasteiger partial charge < -0.3 is 43.8 Å². The van der Waals surface area contributed by atoms with E-state index in [0.29, 0.717) is 46.2 Å². The Hall–Kier alpha value is -4.12. The maximum absolute atomic E-state index is 11.6. The van der Waals surface area contributed by atoms with Crippen molar-refractivity contribution < 1.29 is 48.6 Å². The van der Waals surface area contributed by atoms with E-state index in [1.165, 1.54) is 0 Å². The third-order valence-corrected chi connectivity index (χ3v) is 7.59. The van der Waals surface area contributed by atoms with Crippen molar-refractivity contribution in [2.45, 2.75) is 44.2 Å². The van der Waals surface area contributed by atoms with Crippen LogP contribution in [0, 0.1) is 11.8 Å². The van der Waals surface area contributed by atoms with Gasteiger partial charge in [0.25, 0.3) is 5.79 Å². The standard InChI is InChI=1S/C19H18O6.C14H20O4/c1-21-12-5-4-11-6-14-13-8-17(22-2)18(23-3)9-16(13)24-10-19(14,20)25-15(11)7-12;1-2-3-4-5-6-7-10-8-12(16)14(18)13(17)11(10)9-15/h4-9,20H,10H2,1-3H3;4-7,9-12,14,16,18H,2-3,8H2,1H3. The van der Waals surface area contributed by atoms with Gasteiger partial charge in [-0.15, -0.1) is 0 Å². The van der Waals surface area contributed by atoms with E-state index in [1.54, 1.807) is 51.7 Å². The first kappa shape index (κ1) is 31.8. The zero-order chi connectivity index (χ0) is 31.1. The number of hydrogen-bond acceptors (Lipinski definition) is 10. The highest BCUT2D eigenvalue weighted by Gasteiger charge is 2.45. The van der Waals surface area contributed by atoms with Gasteiger partial charge >= 0.3 is 0 Å². The first-order chi connectivity index (χ1) is 20.7. The number of allylic oxidation sites excluding steroid dienone is 4. The van der Waals surface area contributed by atoms with Crippen molar-refractivity contribution in [2.24, 2.45) is 11.8 Å². The number of ether oxygens (including phenoxy) is 5. The van der Waals surface area contributed by atoms with Gasteiger partial charge in [-0.2, -0.15) is 0 Å². The Balaban J connectivity index is 0.000000209. The van der Waals surface area contributed by atoms with Gasteiger partial charge in [0.1, 0.15) is 29.6 Å². The molecule has 1 fully saturated rings. The molecule has 5 unspecified atom stereocenters. The molecule has 10 nitrogen and oxygen atoms in total. The van der Waals surface area contributed by atoms with Crippen LogP contribution in [0.15, 0.2) is 54.6 Å². The van der Waals surface area contributed by atoms with Crippen molar-refractivity contribution in [3.05, 3.63) is 65.8 Å². The quantitative estimate of drug-likeness (QED) is 0.235. The van der Waals surface area contributed by atoms with Gasteiger partial charge in [-0.1, -0.05) is 37.6 Å². The highest BCUT2D eigenvalue weighted by molar-refractivity contribution is 5.97. The summed E-state index contributed by atoms with van der Waals surface area (Å²) in [6, 6.07) is 9.00. The molecule has 0 radical (unpaired) electrons. The highest BCUT2D eigenvalue weighted by atomic mass is 16.7. The molecule has 5 rings (SSSR count). The van der Waals surface area contributed by atoms with Crippen LogP contribution in [0.1, 0.15) is 37.3 Å². The number of methoxy groups -OCH3 is 3. The molecule has 2 aromatic rings. The third kappa shape index (κ3) is 6.77. The topological polar surface area (TPSA) is 141 Å². The van der Waals surface area contributed by atoms with E-state index in [2.05, 4.69) is 6.92 Å². The van der Waals surface area contributed by atoms with Gasteiger partial charge in [-0.25, -0.2) is 0 Å². The smallest absolute Gasteiger partial charge is 0.270 e.